The molecule has 164 valence electrons. The lowest BCUT2D eigenvalue weighted by molar-refractivity contribution is 0.00992. The van der Waals surface area contributed by atoms with Crippen LogP contribution < -0.4 is 10.0 Å². The summed E-state index contributed by atoms with van der Waals surface area (Å²) in [6, 6.07) is 6.20. The highest BCUT2D eigenvalue weighted by atomic mass is 35.5. The zero-order valence-electron chi connectivity index (χ0n) is 17.1. The summed E-state index contributed by atoms with van der Waals surface area (Å²) in [6.45, 7) is 3.81. The van der Waals surface area contributed by atoms with Crippen LogP contribution in [0.1, 0.15) is 19.3 Å². The first-order valence-electron chi connectivity index (χ1n) is 9.77. The predicted molar refractivity (Wildman–Crippen MR) is 115 cm³/mol. The van der Waals surface area contributed by atoms with Gasteiger partial charge in [-0.2, -0.15) is 0 Å². The van der Waals surface area contributed by atoms with Crippen LogP contribution in [0, 0.1) is 0 Å². The lowest BCUT2D eigenvalue weighted by atomic mass is 10.1. The number of methoxy groups -OCH3 is 1. The largest absolute Gasteiger partial charge is 0.385 e. The van der Waals surface area contributed by atoms with Crippen LogP contribution in [0.3, 0.4) is 0 Å². The van der Waals surface area contributed by atoms with Crippen molar-refractivity contribution >= 4 is 27.6 Å². The van der Waals surface area contributed by atoms with Crippen LogP contribution in [0.2, 0.25) is 5.02 Å². The van der Waals surface area contributed by atoms with Crippen molar-refractivity contribution in [3.8, 4) is 0 Å². The zero-order chi connectivity index (χ0) is 21.1. The maximum absolute atomic E-state index is 12.3. The fraction of sp³-hybridized carbons (Fsp3) is 0.632. The van der Waals surface area contributed by atoms with Gasteiger partial charge in [-0.25, -0.2) is 13.1 Å². The second-order valence-corrected chi connectivity index (χ2v) is 8.94. The van der Waals surface area contributed by atoms with E-state index in [1.807, 2.05) is 0 Å². The van der Waals surface area contributed by atoms with E-state index in [0.717, 1.165) is 51.5 Å². The number of halogens is 1. The Bertz CT molecular complexity index is 752. The van der Waals surface area contributed by atoms with E-state index in [9.17, 15) is 8.42 Å². The summed E-state index contributed by atoms with van der Waals surface area (Å²) in [5, 5.41) is 3.60. The number of hydrogen-bond acceptors (Lipinski definition) is 5. The third kappa shape index (κ3) is 8.10. The number of nitrogens with zero attached hydrogens (tertiary/aromatic N) is 2. The molecule has 1 aromatic carbocycles. The molecule has 0 saturated carbocycles. The molecule has 0 aromatic heterocycles. The summed E-state index contributed by atoms with van der Waals surface area (Å²) in [6.07, 6.45) is 3.06. The van der Waals surface area contributed by atoms with Crippen LogP contribution in [0.15, 0.2) is 34.2 Å². The molecular weight excluding hydrogens is 416 g/mol. The van der Waals surface area contributed by atoms with Gasteiger partial charge in [0.05, 0.1) is 11.0 Å². The Morgan fingerprint density at radius 1 is 1.28 bits per heavy atom. The number of guanidine groups is 1. The molecule has 0 amide bonds. The molecule has 1 saturated heterocycles. The van der Waals surface area contributed by atoms with Gasteiger partial charge in [-0.15, -0.1) is 0 Å². The van der Waals surface area contributed by atoms with Crippen molar-refractivity contribution < 1.29 is 17.9 Å². The quantitative estimate of drug-likeness (QED) is 0.323. The molecule has 0 unspecified atom stereocenters. The number of hydrogen-bond donors (Lipinski definition) is 2. The first-order chi connectivity index (χ1) is 14.0. The highest BCUT2D eigenvalue weighted by Gasteiger charge is 2.22. The number of nitrogens with one attached hydrogen (secondary N) is 2. The van der Waals surface area contributed by atoms with E-state index >= 15 is 0 Å². The van der Waals surface area contributed by atoms with Gasteiger partial charge in [-0.1, -0.05) is 17.7 Å². The molecule has 2 rings (SSSR count). The summed E-state index contributed by atoms with van der Waals surface area (Å²) >= 11 is 5.87. The molecule has 29 heavy (non-hydrogen) atoms. The maximum atomic E-state index is 12.3. The molecular formula is C19H31ClN4O4S. The third-order valence-electron chi connectivity index (χ3n) is 4.61. The fourth-order valence-electron chi connectivity index (χ4n) is 3.10. The Morgan fingerprint density at radius 3 is 2.69 bits per heavy atom. The minimum atomic E-state index is -3.59. The zero-order valence-corrected chi connectivity index (χ0v) is 18.6. The van der Waals surface area contributed by atoms with E-state index in [0.29, 0.717) is 11.6 Å². The molecule has 1 aromatic rings. The number of ether oxygens (including phenoxy) is 2. The molecule has 0 aliphatic carbocycles. The monoisotopic (exact) mass is 446 g/mol. The van der Waals surface area contributed by atoms with Gasteiger partial charge in [-0.3, -0.25) is 4.99 Å². The van der Waals surface area contributed by atoms with E-state index in [-0.39, 0.29) is 17.5 Å². The fourth-order valence-corrected chi connectivity index (χ4v) is 4.43. The van der Waals surface area contributed by atoms with Gasteiger partial charge in [-0.05, 0) is 37.5 Å². The lowest BCUT2D eigenvalue weighted by Gasteiger charge is -2.34. The molecule has 2 N–H and O–H groups in total. The standard InChI is InChI=1S/C19H31ClN4O4S/c1-21-19(24-11-7-17(8-12-24)28-14-4-13-27-2)22-9-10-23-29(25,26)18-6-3-5-16(20)15-18/h3,5-6,15,17,23H,4,7-14H2,1-2H3,(H,21,22). The van der Waals surface area contributed by atoms with Gasteiger partial charge in [0, 0.05) is 58.6 Å². The summed E-state index contributed by atoms with van der Waals surface area (Å²) < 4.78 is 38.1. The first-order valence-corrected chi connectivity index (χ1v) is 11.6. The van der Waals surface area contributed by atoms with Crippen LogP contribution in [-0.2, 0) is 19.5 Å². The SMILES string of the molecule is CN=C(NCCNS(=O)(=O)c1cccc(Cl)c1)N1CCC(OCCCOC)CC1. The van der Waals surface area contributed by atoms with Gasteiger partial charge in [0.1, 0.15) is 0 Å². The van der Waals surface area contributed by atoms with Crippen LogP contribution in [0.25, 0.3) is 0 Å². The summed E-state index contributed by atoms with van der Waals surface area (Å²) in [5.74, 6) is 0.768. The average molecular weight is 447 g/mol. The van der Waals surface area contributed by atoms with Gasteiger partial charge in [0.2, 0.25) is 10.0 Å². The Kier molecular flexibility index (Phi) is 10.2. The molecule has 10 heteroatoms. The van der Waals surface area contributed by atoms with Crippen molar-refractivity contribution in [2.24, 2.45) is 4.99 Å². The van der Waals surface area contributed by atoms with E-state index in [4.69, 9.17) is 21.1 Å². The number of likely N-dealkylation sites (tertiary alicyclic amines) is 1. The first kappa shape index (κ1) is 23.9. The molecule has 1 heterocycles. The summed E-state index contributed by atoms with van der Waals surface area (Å²) in [7, 11) is -0.164. The molecule has 0 spiro atoms. The Labute approximate surface area is 178 Å². The van der Waals surface area contributed by atoms with E-state index in [1.165, 1.54) is 12.1 Å². The smallest absolute Gasteiger partial charge is 0.240 e. The van der Waals surface area contributed by atoms with Crippen molar-refractivity contribution in [1.29, 1.82) is 0 Å². The maximum Gasteiger partial charge on any atom is 0.240 e. The number of sulfonamides is 1. The Balaban J connectivity index is 1.70. The van der Waals surface area contributed by atoms with E-state index in [2.05, 4.69) is 19.9 Å². The molecule has 1 aliphatic rings. The van der Waals surface area contributed by atoms with Crippen LogP contribution in [0.5, 0.6) is 0 Å². The number of benzene rings is 1. The molecule has 1 aliphatic heterocycles. The average Bonchev–Trinajstić information content (AvgIpc) is 2.72. The van der Waals surface area contributed by atoms with E-state index in [1.54, 1.807) is 26.3 Å². The predicted octanol–water partition coefficient (Wildman–Crippen LogP) is 1.71. The second kappa shape index (κ2) is 12.3. The van der Waals surface area contributed by atoms with Crippen LogP contribution in [-0.4, -0.2) is 78.9 Å². The van der Waals surface area contributed by atoms with Crippen molar-refractivity contribution in [2.75, 3.05) is 53.6 Å². The number of rotatable bonds is 10. The third-order valence-corrected chi connectivity index (χ3v) is 6.30. The van der Waals surface area contributed by atoms with Crippen molar-refractivity contribution in [3.05, 3.63) is 29.3 Å². The van der Waals surface area contributed by atoms with Crippen LogP contribution in [0.4, 0.5) is 0 Å². The van der Waals surface area contributed by atoms with Crippen LogP contribution >= 0.6 is 11.6 Å². The van der Waals surface area contributed by atoms with Gasteiger partial charge < -0.3 is 19.7 Å². The topological polar surface area (TPSA) is 92.3 Å². The molecule has 1 fully saturated rings. The van der Waals surface area contributed by atoms with Crippen molar-refractivity contribution in [3.63, 3.8) is 0 Å². The Morgan fingerprint density at radius 2 is 2.03 bits per heavy atom. The molecule has 0 radical (unpaired) electrons. The van der Waals surface area contributed by atoms with Crippen molar-refractivity contribution in [1.82, 2.24) is 14.9 Å². The van der Waals surface area contributed by atoms with Gasteiger partial charge in [0.25, 0.3) is 0 Å². The minimum Gasteiger partial charge on any atom is -0.385 e. The number of piperidine rings is 1. The molecule has 8 nitrogen and oxygen atoms in total. The molecule has 0 atom stereocenters. The summed E-state index contributed by atoms with van der Waals surface area (Å²) in [5.41, 5.74) is 0. The highest BCUT2D eigenvalue weighted by molar-refractivity contribution is 7.89. The van der Waals surface area contributed by atoms with Gasteiger partial charge >= 0.3 is 0 Å². The highest BCUT2D eigenvalue weighted by Crippen LogP contribution is 2.15. The molecule has 0 bridgehead atoms. The normalized spacial score (nSPS) is 16.2. The summed E-state index contributed by atoms with van der Waals surface area (Å²) in [4.78, 5) is 6.63. The van der Waals surface area contributed by atoms with Crippen molar-refractivity contribution in [2.45, 2.75) is 30.3 Å². The van der Waals surface area contributed by atoms with Gasteiger partial charge in [0.15, 0.2) is 5.96 Å². The lowest BCUT2D eigenvalue weighted by Crippen LogP contribution is -2.48. The minimum absolute atomic E-state index is 0.155. The second-order valence-electron chi connectivity index (χ2n) is 6.73. The Hall–Kier alpha value is -1.39. The number of aliphatic imine (C=N–C) groups is 1. The van der Waals surface area contributed by atoms with E-state index < -0.39 is 10.0 Å².